The molecule has 2 fully saturated rings. The zero-order valence-corrected chi connectivity index (χ0v) is 12.8. The van der Waals surface area contributed by atoms with Crippen molar-refractivity contribution in [2.45, 2.75) is 19.4 Å². The lowest BCUT2D eigenvalue weighted by Gasteiger charge is -2.36. The van der Waals surface area contributed by atoms with E-state index < -0.39 is 0 Å². The van der Waals surface area contributed by atoms with Crippen molar-refractivity contribution in [3.05, 3.63) is 35.6 Å². The molecule has 0 radical (unpaired) electrons. The van der Waals surface area contributed by atoms with Crippen LogP contribution in [-0.4, -0.2) is 55.1 Å². The summed E-state index contributed by atoms with van der Waals surface area (Å²) in [5, 5.41) is 0. The van der Waals surface area contributed by atoms with Gasteiger partial charge in [-0.05, 0) is 24.8 Å². The molecule has 0 bridgehead atoms. The topological polar surface area (TPSA) is 32.8 Å². The van der Waals surface area contributed by atoms with Crippen molar-refractivity contribution in [3.63, 3.8) is 0 Å². The van der Waals surface area contributed by atoms with Crippen molar-refractivity contribution in [3.8, 4) is 0 Å². The fraction of sp³-hybridized carbons (Fsp3) is 0.588. The van der Waals surface area contributed by atoms with Crippen molar-refractivity contribution >= 4 is 5.91 Å². The second kappa shape index (κ2) is 7.20. The third-order valence-corrected chi connectivity index (χ3v) is 4.49. The number of halogens is 1. The third-order valence-electron chi connectivity index (χ3n) is 4.49. The number of benzene rings is 1. The fourth-order valence-corrected chi connectivity index (χ4v) is 3.23. The third kappa shape index (κ3) is 3.84. The van der Waals surface area contributed by atoms with E-state index in [2.05, 4.69) is 4.90 Å². The van der Waals surface area contributed by atoms with E-state index >= 15 is 0 Å². The number of nitrogens with zero attached hydrogens (tertiary/aromatic N) is 2. The Morgan fingerprint density at radius 1 is 1.27 bits per heavy atom. The first-order valence-electron chi connectivity index (χ1n) is 8.03. The van der Waals surface area contributed by atoms with Gasteiger partial charge in [0.1, 0.15) is 5.82 Å². The summed E-state index contributed by atoms with van der Waals surface area (Å²) in [5.74, 6) is 0.392. The molecule has 1 amide bonds. The van der Waals surface area contributed by atoms with Gasteiger partial charge in [-0.15, -0.1) is 0 Å². The lowest BCUT2D eigenvalue weighted by molar-refractivity contribution is -0.137. The number of hydrogen-bond acceptors (Lipinski definition) is 3. The SMILES string of the molecule is O=C1CN(C[C@@H]2CCCOC2)CCN1Cc1ccccc1F. The lowest BCUT2D eigenvalue weighted by atomic mass is 10.0. The Balaban J connectivity index is 1.51. The fourth-order valence-electron chi connectivity index (χ4n) is 3.23. The van der Waals surface area contributed by atoms with Crippen molar-refractivity contribution in [2.75, 3.05) is 39.4 Å². The second-order valence-electron chi connectivity index (χ2n) is 6.22. The molecule has 0 aromatic heterocycles. The first-order chi connectivity index (χ1) is 10.7. The molecule has 22 heavy (non-hydrogen) atoms. The predicted octanol–water partition coefficient (Wildman–Crippen LogP) is 1.90. The molecule has 1 aromatic rings. The number of carbonyl (C=O) groups excluding carboxylic acids is 1. The molecule has 0 saturated carbocycles. The average molecular weight is 306 g/mol. The zero-order chi connectivity index (χ0) is 15.4. The highest BCUT2D eigenvalue weighted by Gasteiger charge is 2.26. The van der Waals surface area contributed by atoms with E-state index in [0.717, 1.165) is 32.7 Å². The quantitative estimate of drug-likeness (QED) is 0.852. The molecule has 1 atom stereocenters. The van der Waals surface area contributed by atoms with Gasteiger partial charge in [0.25, 0.3) is 0 Å². The maximum absolute atomic E-state index is 13.7. The Hall–Kier alpha value is -1.46. The number of piperazine rings is 1. The van der Waals surface area contributed by atoms with Gasteiger partial charge < -0.3 is 9.64 Å². The number of amides is 1. The van der Waals surface area contributed by atoms with Crippen LogP contribution in [0.4, 0.5) is 4.39 Å². The van der Waals surface area contributed by atoms with Crippen molar-refractivity contribution in [1.82, 2.24) is 9.80 Å². The summed E-state index contributed by atoms with van der Waals surface area (Å²) in [7, 11) is 0. The maximum Gasteiger partial charge on any atom is 0.237 e. The zero-order valence-electron chi connectivity index (χ0n) is 12.8. The molecule has 2 saturated heterocycles. The van der Waals surface area contributed by atoms with Crippen LogP contribution < -0.4 is 0 Å². The molecule has 2 aliphatic heterocycles. The van der Waals surface area contributed by atoms with E-state index in [1.807, 2.05) is 6.07 Å². The van der Waals surface area contributed by atoms with E-state index in [9.17, 15) is 9.18 Å². The summed E-state index contributed by atoms with van der Waals surface area (Å²) in [6.07, 6.45) is 2.30. The van der Waals surface area contributed by atoms with Gasteiger partial charge in [0.15, 0.2) is 0 Å². The molecule has 3 rings (SSSR count). The number of hydrogen-bond donors (Lipinski definition) is 0. The van der Waals surface area contributed by atoms with E-state index in [1.54, 1.807) is 17.0 Å². The Morgan fingerprint density at radius 3 is 2.86 bits per heavy atom. The van der Waals surface area contributed by atoms with Gasteiger partial charge in [-0.25, -0.2) is 4.39 Å². The van der Waals surface area contributed by atoms with E-state index in [1.165, 1.54) is 12.5 Å². The van der Waals surface area contributed by atoms with Gasteiger partial charge in [0.2, 0.25) is 5.91 Å². The van der Waals surface area contributed by atoms with Crippen LogP contribution in [0, 0.1) is 11.7 Å². The van der Waals surface area contributed by atoms with Gasteiger partial charge in [-0.1, -0.05) is 18.2 Å². The number of ether oxygens (including phenoxy) is 1. The summed E-state index contributed by atoms with van der Waals surface area (Å²) in [4.78, 5) is 16.3. The van der Waals surface area contributed by atoms with Gasteiger partial charge in [0.05, 0.1) is 13.2 Å². The molecule has 0 aliphatic carbocycles. The van der Waals surface area contributed by atoms with Gasteiger partial charge in [-0.3, -0.25) is 9.69 Å². The summed E-state index contributed by atoms with van der Waals surface area (Å²) in [6, 6.07) is 6.67. The van der Waals surface area contributed by atoms with Crippen molar-refractivity contribution < 1.29 is 13.9 Å². The average Bonchev–Trinajstić information content (AvgIpc) is 2.53. The van der Waals surface area contributed by atoms with Crippen LogP contribution >= 0.6 is 0 Å². The first kappa shape index (κ1) is 15.4. The van der Waals surface area contributed by atoms with Crippen LogP contribution in [0.1, 0.15) is 18.4 Å². The molecule has 2 heterocycles. The molecule has 2 aliphatic rings. The molecule has 5 heteroatoms. The van der Waals surface area contributed by atoms with E-state index in [-0.39, 0.29) is 11.7 Å². The lowest BCUT2D eigenvalue weighted by Crippen LogP contribution is -2.51. The van der Waals surface area contributed by atoms with Crippen molar-refractivity contribution in [1.29, 1.82) is 0 Å². The first-order valence-corrected chi connectivity index (χ1v) is 8.03. The Labute approximate surface area is 130 Å². The molecule has 0 spiro atoms. The molecular weight excluding hydrogens is 283 g/mol. The standard InChI is InChI=1S/C17H23FN2O2/c18-16-6-2-1-5-15(16)11-20-8-7-19(12-17(20)21)10-14-4-3-9-22-13-14/h1-2,5-6,14H,3-4,7-13H2/t14-/m0/s1. The van der Waals surface area contributed by atoms with E-state index in [0.29, 0.717) is 31.1 Å². The Bertz CT molecular complexity index is 517. The summed E-state index contributed by atoms with van der Waals surface area (Å²) >= 11 is 0. The molecule has 0 N–H and O–H groups in total. The summed E-state index contributed by atoms with van der Waals surface area (Å²) in [5.41, 5.74) is 0.588. The van der Waals surface area contributed by atoms with Crippen LogP contribution in [0.2, 0.25) is 0 Å². The van der Waals surface area contributed by atoms with Crippen molar-refractivity contribution in [2.24, 2.45) is 5.92 Å². The van der Waals surface area contributed by atoms with E-state index in [4.69, 9.17) is 4.74 Å². The smallest absolute Gasteiger partial charge is 0.237 e. The predicted molar refractivity (Wildman–Crippen MR) is 81.8 cm³/mol. The highest BCUT2D eigenvalue weighted by molar-refractivity contribution is 5.79. The summed E-state index contributed by atoms with van der Waals surface area (Å²) < 4.78 is 19.2. The van der Waals surface area contributed by atoms with Crippen LogP contribution in [0.25, 0.3) is 0 Å². The molecule has 4 nitrogen and oxygen atoms in total. The number of carbonyl (C=O) groups is 1. The second-order valence-corrected chi connectivity index (χ2v) is 6.22. The van der Waals surface area contributed by atoms with Gasteiger partial charge in [0, 0.05) is 38.3 Å². The minimum atomic E-state index is -0.239. The van der Waals surface area contributed by atoms with Crippen LogP contribution in [0.5, 0.6) is 0 Å². The van der Waals surface area contributed by atoms with Crippen LogP contribution in [0.15, 0.2) is 24.3 Å². The molecular formula is C17H23FN2O2. The molecule has 120 valence electrons. The maximum atomic E-state index is 13.7. The van der Waals surface area contributed by atoms with Crippen LogP contribution in [-0.2, 0) is 16.1 Å². The minimum Gasteiger partial charge on any atom is -0.381 e. The number of rotatable bonds is 4. The van der Waals surface area contributed by atoms with Crippen LogP contribution in [0.3, 0.4) is 0 Å². The highest BCUT2D eigenvalue weighted by atomic mass is 19.1. The minimum absolute atomic E-state index is 0.0891. The summed E-state index contributed by atoms with van der Waals surface area (Å²) in [6.45, 7) is 4.93. The molecule has 0 unspecified atom stereocenters. The van der Waals surface area contributed by atoms with Gasteiger partial charge >= 0.3 is 0 Å². The molecule has 1 aromatic carbocycles. The normalized spacial score (nSPS) is 23.8. The monoisotopic (exact) mass is 306 g/mol. The van der Waals surface area contributed by atoms with Gasteiger partial charge in [-0.2, -0.15) is 0 Å². The largest absolute Gasteiger partial charge is 0.381 e. The Kier molecular flexibility index (Phi) is 5.05. The Morgan fingerprint density at radius 2 is 2.14 bits per heavy atom. The highest BCUT2D eigenvalue weighted by Crippen LogP contribution is 2.17.